The first-order valence-corrected chi connectivity index (χ1v) is 9.22. The van der Waals surface area contributed by atoms with E-state index in [2.05, 4.69) is 4.99 Å². The molecule has 0 saturated heterocycles. The van der Waals surface area contributed by atoms with Crippen LogP contribution in [0.1, 0.15) is 31.7 Å². The third-order valence-electron chi connectivity index (χ3n) is 3.91. The lowest BCUT2D eigenvalue weighted by Gasteiger charge is -2.44. The second kappa shape index (κ2) is 4.57. The van der Waals surface area contributed by atoms with E-state index < -0.39 is 33.0 Å². The second-order valence-corrected chi connectivity index (χ2v) is 8.09. The van der Waals surface area contributed by atoms with E-state index in [1.165, 1.54) is 12.1 Å². The van der Waals surface area contributed by atoms with Crippen molar-refractivity contribution in [2.45, 2.75) is 38.5 Å². The molecule has 3 rings (SSSR count). The molecule has 0 aliphatic carbocycles. The van der Waals surface area contributed by atoms with Crippen molar-refractivity contribution in [2.24, 2.45) is 4.99 Å². The first-order chi connectivity index (χ1) is 10.5. The number of benzene rings is 1. The molecular formula is C15H16F5NOS. The van der Waals surface area contributed by atoms with Gasteiger partial charge >= 0.3 is 10.2 Å². The van der Waals surface area contributed by atoms with Gasteiger partial charge in [-0.1, -0.05) is 63.1 Å². The second-order valence-electron chi connectivity index (χ2n) is 5.71. The molecule has 0 radical (unpaired) electrons. The summed E-state index contributed by atoms with van der Waals surface area (Å²) in [5, 5.41) is 0. The van der Waals surface area contributed by atoms with Crippen LogP contribution in [0.2, 0.25) is 0 Å². The maximum Gasteiger partial charge on any atom is 0.309 e. The fourth-order valence-electron chi connectivity index (χ4n) is 2.95. The van der Waals surface area contributed by atoms with E-state index in [9.17, 15) is 19.4 Å². The highest BCUT2D eigenvalue weighted by Crippen LogP contribution is 3.03. The normalized spacial score (nSPS) is 27.0. The molecule has 0 saturated carbocycles. The monoisotopic (exact) mass is 353 g/mol. The van der Waals surface area contributed by atoms with Gasteiger partial charge in [-0.15, -0.1) is 0 Å². The van der Waals surface area contributed by atoms with E-state index in [-0.39, 0.29) is 12.1 Å². The van der Waals surface area contributed by atoms with Gasteiger partial charge in [0.2, 0.25) is 0 Å². The summed E-state index contributed by atoms with van der Waals surface area (Å²) in [5.41, 5.74) is -0.108. The highest BCUT2D eigenvalue weighted by Gasteiger charge is 2.73. The van der Waals surface area contributed by atoms with Crippen molar-refractivity contribution in [1.29, 1.82) is 0 Å². The average molecular weight is 353 g/mol. The van der Waals surface area contributed by atoms with Crippen molar-refractivity contribution in [3.63, 3.8) is 0 Å². The third-order valence-corrected chi connectivity index (χ3v) is 5.21. The lowest BCUT2D eigenvalue weighted by atomic mass is 9.99. The van der Waals surface area contributed by atoms with Crippen LogP contribution < -0.4 is 0 Å². The van der Waals surface area contributed by atoms with Crippen molar-refractivity contribution < 1.29 is 24.2 Å². The molecule has 0 amide bonds. The first kappa shape index (κ1) is 16.4. The lowest BCUT2D eigenvalue weighted by Crippen LogP contribution is -2.28. The molecule has 8 heteroatoms. The van der Waals surface area contributed by atoms with Crippen molar-refractivity contribution in [2.75, 3.05) is 0 Å². The van der Waals surface area contributed by atoms with Crippen LogP contribution in [-0.4, -0.2) is 18.0 Å². The fraction of sp³-hybridized carbons (Fsp3) is 0.400. The van der Waals surface area contributed by atoms with Crippen molar-refractivity contribution >= 4 is 15.9 Å². The summed E-state index contributed by atoms with van der Waals surface area (Å²) in [4.78, 5) is 2.33. The average Bonchev–Trinajstić information content (AvgIpc) is 3.01. The smallest absolute Gasteiger partial charge is 0.309 e. The molecule has 2 nitrogen and oxygen atoms in total. The third kappa shape index (κ3) is 3.01. The maximum absolute atomic E-state index is 13.6. The quantitative estimate of drug-likeness (QED) is 0.599. The molecule has 128 valence electrons. The van der Waals surface area contributed by atoms with Gasteiger partial charge in [-0.05, 0) is 18.4 Å². The number of unbranched alkanes of at least 4 members (excludes halogenated alkanes) is 1. The van der Waals surface area contributed by atoms with E-state index in [1.807, 2.05) is 0 Å². The number of dihydropyridines is 1. The SMILES string of the molecule is CCCCC1=C(S(F)(F)(F)(F)F)[C@H]2O[C@@H]1N=C2c1ccccc1. The van der Waals surface area contributed by atoms with Gasteiger partial charge in [-0.25, -0.2) is 0 Å². The Hall–Kier alpha value is -1.41. The van der Waals surface area contributed by atoms with E-state index in [1.54, 1.807) is 25.1 Å². The van der Waals surface area contributed by atoms with Gasteiger partial charge in [0, 0.05) is 5.57 Å². The minimum Gasteiger partial charge on any atom is -0.337 e. The zero-order chi connectivity index (χ0) is 16.9. The molecule has 0 N–H and O–H groups in total. The Balaban J connectivity index is 2.08. The van der Waals surface area contributed by atoms with E-state index in [0.717, 1.165) is 0 Å². The molecular weight excluding hydrogens is 337 g/mol. The predicted molar refractivity (Wildman–Crippen MR) is 81.3 cm³/mol. The Morgan fingerprint density at radius 2 is 1.74 bits per heavy atom. The van der Waals surface area contributed by atoms with Gasteiger partial charge in [-0.3, -0.25) is 4.99 Å². The number of rotatable bonds is 5. The molecule has 2 bridgehead atoms. The number of nitrogens with zero attached hydrogens (tertiary/aromatic N) is 1. The van der Waals surface area contributed by atoms with Crippen LogP contribution in [0, 0.1) is 0 Å². The summed E-state index contributed by atoms with van der Waals surface area (Å²) in [7, 11) is -9.82. The van der Waals surface area contributed by atoms with E-state index in [4.69, 9.17) is 4.74 Å². The predicted octanol–water partition coefficient (Wildman–Crippen LogP) is 5.96. The summed E-state index contributed by atoms with van der Waals surface area (Å²) in [6, 6.07) is 8.00. The Morgan fingerprint density at radius 1 is 1.09 bits per heavy atom. The van der Waals surface area contributed by atoms with Gasteiger partial charge in [-0.2, -0.15) is 0 Å². The fourth-order valence-corrected chi connectivity index (χ4v) is 4.22. The molecule has 2 aliphatic heterocycles. The molecule has 23 heavy (non-hydrogen) atoms. The number of hydrogen-bond donors (Lipinski definition) is 0. The number of aliphatic imine (C=N–C) groups is 1. The van der Waals surface area contributed by atoms with Crippen LogP contribution in [0.4, 0.5) is 19.4 Å². The number of fused-ring (bicyclic) bond motifs is 2. The molecule has 2 atom stereocenters. The van der Waals surface area contributed by atoms with Crippen LogP contribution >= 0.6 is 10.2 Å². The highest BCUT2D eigenvalue weighted by molar-refractivity contribution is 8.48. The van der Waals surface area contributed by atoms with E-state index >= 15 is 0 Å². The molecule has 0 unspecified atom stereocenters. The van der Waals surface area contributed by atoms with E-state index in [0.29, 0.717) is 18.4 Å². The first-order valence-electron chi connectivity index (χ1n) is 7.27. The van der Waals surface area contributed by atoms with Gasteiger partial charge in [0.25, 0.3) is 0 Å². The zero-order valence-electron chi connectivity index (χ0n) is 12.3. The zero-order valence-corrected chi connectivity index (χ0v) is 13.1. The molecule has 2 heterocycles. The molecule has 1 aromatic rings. The molecule has 1 aromatic carbocycles. The van der Waals surface area contributed by atoms with Crippen molar-refractivity contribution in [3.8, 4) is 0 Å². The Bertz CT molecular complexity index is 696. The molecule has 2 aliphatic rings. The summed E-state index contributed by atoms with van der Waals surface area (Å²) >= 11 is 0. The topological polar surface area (TPSA) is 21.6 Å². The molecule has 0 fully saturated rings. The van der Waals surface area contributed by atoms with Crippen molar-refractivity contribution in [3.05, 3.63) is 46.4 Å². The van der Waals surface area contributed by atoms with Gasteiger partial charge < -0.3 is 4.74 Å². The Labute approximate surface area is 130 Å². The Kier molecular flexibility index (Phi) is 3.27. The highest BCUT2D eigenvalue weighted by atomic mass is 32.5. The largest absolute Gasteiger partial charge is 0.337 e. The summed E-state index contributed by atoms with van der Waals surface area (Å²) in [6.07, 6.45) is -2.17. The van der Waals surface area contributed by atoms with Crippen LogP contribution in [-0.2, 0) is 4.74 Å². The molecule has 0 spiro atoms. The Morgan fingerprint density at radius 3 is 2.30 bits per heavy atom. The van der Waals surface area contributed by atoms with Crippen LogP contribution in [0.3, 0.4) is 0 Å². The van der Waals surface area contributed by atoms with Crippen molar-refractivity contribution in [1.82, 2.24) is 0 Å². The standard InChI is InChI=1S/C15H16F5NOS/c1-2-3-9-11-14(23(16,17,18,19)20)13-12(21-15(11)22-13)10-7-5-4-6-8-10/h4-8,13,15H,2-3,9H2,1H3/t13-,15-/m0/s1. The van der Waals surface area contributed by atoms with Crippen LogP contribution in [0.15, 0.2) is 45.8 Å². The van der Waals surface area contributed by atoms with Crippen LogP contribution in [0.5, 0.6) is 0 Å². The minimum absolute atomic E-state index is 0.0703. The van der Waals surface area contributed by atoms with Gasteiger partial charge in [0.1, 0.15) is 11.0 Å². The maximum atomic E-state index is 13.6. The summed E-state index contributed by atoms with van der Waals surface area (Å²) in [5.74, 6) is 0. The summed E-state index contributed by atoms with van der Waals surface area (Å²) < 4.78 is 72.9. The molecule has 0 aromatic heterocycles. The minimum atomic E-state index is -9.82. The van der Waals surface area contributed by atoms with Gasteiger partial charge in [0.15, 0.2) is 6.23 Å². The van der Waals surface area contributed by atoms with Gasteiger partial charge in [0.05, 0.1) is 5.71 Å². The van der Waals surface area contributed by atoms with Crippen LogP contribution in [0.25, 0.3) is 0 Å². The summed E-state index contributed by atoms with van der Waals surface area (Å²) in [6.45, 7) is 1.78. The lowest BCUT2D eigenvalue weighted by molar-refractivity contribution is 0.115. The number of hydrogen-bond acceptors (Lipinski definition) is 2. The number of halogens is 5. The number of ether oxygens (including phenoxy) is 1.